The molecule has 0 bridgehead atoms. The van der Waals surface area contributed by atoms with E-state index >= 15 is 0 Å². The summed E-state index contributed by atoms with van der Waals surface area (Å²) in [5.41, 5.74) is 4.56. The fourth-order valence-electron chi connectivity index (χ4n) is 1.52. The fraction of sp³-hybridized carbons (Fsp3) is 0.500. The first-order valence-electron chi connectivity index (χ1n) is 5.93. The average Bonchev–Trinajstić information content (AvgIpc) is 2.33. The van der Waals surface area contributed by atoms with Crippen molar-refractivity contribution in [3.63, 3.8) is 0 Å². The standard InChI is InChI=1S/C12H18ClFN2O2S/c1-4-12(3,5-2)16-19(17,18)11-7-10(15)9(14)6-8(11)13/h6-7,16H,4-5,15H2,1-3H3. The zero-order chi connectivity index (χ0) is 14.8. The van der Waals surface area contributed by atoms with Crippen molar-refractivity contribution in [3.05, 3.63) is 23.0 Å². The molecule has 0 aliphatic carbocycles. The van der Waals surface area contributed by atoms with Crippen LogP contribution in [0.2, 0.25) is 5.02 Å². The van der Waals surface area contributed by atoms with E-state index in [9.17, 15) is 12.8 Å². The number of hydrogen-bond donors (Lipinski definition) is 2. The summed E-state index contributed by atoms with van der Waals surface area (Å²) in [6.45, 7) is 5.56. The molecule has 108 valence electrons. The molecule has 1 aromatic carbocycles. The largest absolute Gasteiger partial charge is 0.396 e. The van der Waals surface area contributed by atoms with Gasteiger partial charge in [-0.3, -0.25) is 0 Å². The van der Waals surface area contributed by atoms with Crippen LogP contribution >= 0.6 is 11.6 Å². The Morgan fingerprint density at radius 1 is 1.37 bits per heavy atom. The Morgan fingerprint density at radius 3 is 2.37 bits per heavy atom. The van der Waals surface area contributed by atoms with Crippen molar-refractivity contribution in [2.75, 3.05) is 5.73 Å². The molecule has 19 heavy (non-hydrogen) atoms. The van der Waals surface area contributed by atoms with Gasteiger partial charge in [-0.15, -0.1) is 0 Å². The van der Waals surface area contributed by atoms with Crippen molar-refractivity contribution in [1.29, 1.82) is 0 Å². The third kappa shape index (κ3) is 3.58. The second-order valence-electron chi connectivity index (χ2n) is 4.68. The van der Waals surface area contributed by atoms with Crippen molar-refractivity contribution in [1.82, 2.24) is 4.72 Å². The van der Waals surface area contributed by atoms with Gasteiger partial charge in [-0.1, -0.05) is 25.4 Å². The highest BCUT2D eigenvalue weighted by Gasteiger charge is 2.29. The molecular weight excluding hydrogens is 291 g/mol. The molecule has 1 aromatic rings. The molecule has 0 saturated heterocycles. The Bertz CT molecular complexity index is 571. The number of nitrogens with two attached hydrogens (primary N) is 1. The minimum absolute atomic E-state index is 0.186. The number of benzene rings is 1. The van der Waals surface area contributed by atoms with Gasteiger partial charge in [-0.25, -0.2) is 17.5 Å². The van der Waals surface area contributed by atoms with E-state index in [-0.39, 0.29) is 15.6 Å². The molecule has 0 radical (unpaired) electrons. The van der Waals surface area contributed by atoms with Crippen LogP contribution in [0, 0.1) is 5.82 Å². The van der Waals surface area contributed by atoms with E-state index < -0.39 is 21.4 Å². The van der Waals surface area contributed by atoms with Crippen LogP contribution in [0.1, 0.15) is 33.6 Å². The molecule has 1 rings (SSSR count). The summed E-state index contributed by atoms with van der Waals surface area (Å²) < 4.78 is 40.3. The van der Waals surface area contributed by atoms with Crippen LogP contribution in [0.15, 0.2) is 17.0 Å². The van der Waals surface area contributed by atoms with E-state index in [2.05, 4.69) is 4.72 Å². The molecule has 0 aliphatic heterocycles. The maximum Gasteiger partial charge on any atom is 0.242 e. The molecule has 7 heteroatoms. The topological polar surface area (TPSA) is 72.2 Å². The molecule has 0 atom stereocenters. The second kappa shape index (κ2) is 5.64. The number of halogens is 2. The molecule has 0 aliphatic rings. The molecule has 0 fully saturated rings. The smallest absolute Gasteiger partial charge is 0.242 e. The summed E-state index contributed by atoms with van der Waals surface area (Å²) in [5, 5.41) is -0.186. The van der Waals surface area contributed by atoms with E-state index in [4.69, 9.17) is 17.3 Å². The molecule has 0 aromatic heterocycles. The predicted octanol–water partition coefficient (Wildman–Crippen LogP) is 2.92. The van der Waals surface area contributed by atoms with Gasteiger partial charge in [0.25, 0.3) is 0 Å². The summed E-state index contributed by atoms with van der Waals surface area (Å²) >= 11 is 5.79. The van der Waals surface area contributed by atoms with Crippen molar-refractivity contribution in [2.24, 2.45) is 0 Å². The molecule has 4 nitrogen and oxygen atoms in total. The zero-order valence-corrected chi connectivity index (χ0v) is 12.7. The minimum Gasteiger partial charge on any atom is -0.396 e. The molecule has 0 saturated carbocycles. The van der Waals surface area contributed by atoms with Gasteiger partial charge in [-0.05, 0) is 31.9 Å². The molecular formula is C12H18ClFN2O2S. The zero-order valence-electron chi connectivity index (χ0n) is 11.1. The fourth-order valence-corrected chi connectivity index (χ4v) is 3.62. The first kappa shape index (κ1) is 16.2. The maximum atomic E-state index is 13.2. The molecule has 0 spiro atoms. The lowest BCUT2D eigenvalue weighted by molar-refractivity contribution is 0.388. The van der Waals surface area contributed by atoms with Crippen LogP contribution in [0.3, 0.4) is 0 Å². The second-order valence-corrected chi connectivity index (χ2v) is 6.74. The molecule has 3 N–H and O–H groups in total. The highest BCUT2D eigenvalue weighted by Crippen LogP contribution is 2.28. The Kier molecular flexibility index (Phi) is 4.81. The Hall–Kier alpha value is -0.850. The lowest BCUT2D eigenvalue weighted by Crippen LogP contribution is -2.44. The number of nitrogen functional groups attached to an aromatic ring is 1. The number of hydrogen-bond acceptors (Lipinski definition) is 3. The van der Waals surface area contributed by atoms with Crippen molar-refractivity contribution in [2.45, 2.75) is 44.0 Å². The van der Waals surface area contributed by atoms with Gasteiger partial charge in [0.05, 0.1) is 10.7 Å². The lowest BCUT2D eigenvalue weighted by Gasteiger charge is -2.28. The van der Waals surface area contributed by atoms with Crippen molar-refractivity contribution < 1.29 is 12.8 Å². The van der Waals surface area contributed by atoms with Gasteiger partial charge in [0.2, 0.25) is 10.0 Å². The van der Waals surface area contributed by atoms with Crippen LogP contribution in [0.5, 0.6) is 0 Å². The summed E-state index contributed by atoms with van der Waals surface area (Å²) in [5.74, 6) is -0.738. The third-order valence-corrected chi connectivity index (χ3v) is 5.39. The monoisotopic (exact) mass is 308 g/mol. The van der Waals surface area contributed by atoms with Gasteiger partial charge in [0.1, 0.15) is 10.7 Å². The van der Waals surface area contributed by atoms with Gasteiger partial charge >= 0.3 is 0 Å². The summed E-state index contributed by atoms with van der Waals surface area (Å²) in [4.78, 5) is -0.207. The number of nitrogens with one attached hydrogen (secondary N) is 1. The molecule has 0 unspecified atom stereocenters. The summed E-state index contributed by atoms with van der Waals surface area (Å²) in [7, 11) is -3.84. The third-order valence-electron chi connectivity index (χ3n) is 3.28. The molecule has 0 heterocycles. The molecule has 0 amide bonds. The van der Waals surface area contributed by atoms with Crippen LogP contribution in [-0.4, -0.2) is 14.0 Å². The van der Waals surface area contributed by atoms with Crippen LogP contribution in [0.4, 0.5) is 10.1 Å². The number of anilines is 1. The van der Waals surface area contributed by atoms with Gasteiger partial charge in [0.15, 0.2) is 0 Å². The van der Waals surface area contributed by atoms with Gasteiger partial charge in [-0.2, -0.15) is 0 Å². The quantitative estimate of drug-likeness (QED) is 0.821. The SMILES string of the molecule is CCC(C)(CC)NS(=O)(=O)c1cc(N)c(F)cc1Cl. The van der Waals surface area contributed by atoms with Crippen LogP contribution in [-0.2, 0) is 10.0 Å². The summed E-state index contributed by atoms with van der Waals surface area (Å²) in [6.07, 6.45) is 1.24. The number of rotatable bonds is 5. The van der Waals surface area contributed by atoms with E-state index in [0.717, 1.165) is 12.1 Å². The predicted molar refractivity (Wildman–Crippen MR) is 75.1 cm³/mol. The van der Waals surface area contributed by atoms with E-state index in [1.165, 1.54) is 0 Å². The number of sulfonamides is 1. The van der Waals surface area contributed by atoms with Crippen LogP contribution in [0.25, 0.3) is 0 Å². The van der Waals surface area contributed by atoms with E-state index in [1.807, 2.05) is 13.8 Å². The van der Waals surface area contributed by atoms with Crippen molar-refractivity contribution >= 4 is 27.3 Å². The van der Waals surface area contributed by atoms with E-state index in [0.29, 0.717) is 12.8 Å². The first-order valence-corrected chi connectivity index (χ1v) is 7.80. The van der Waals surface area contributed by atoms with Gasteiger partial charge in [0, 0.05) is 5.54 Å². The Labute approximate surface area is 118 Å². The highest BCUT2D eigenvalue weighted by atomic mass is 35.5. The van der Waals surface area contributed by atoms with Crippen molar-refractivity contribution in [3.8, 4) is 0 Å². The van der Waals surface area contributed by atoms with Gasteiger partial charge < -0.3 is 5.73 Å². The Morgan fingerprint density at radius 2 is 1.89 bits per heavy atom. The van der Waals surface area contributed by atoms with Crippen LogP contribution < -0.4 is 10.5 Å². The lowest BCUT2D eigenvalue weighted by atomic mass is 9.98. The maximum absolute atomic E-state index is 13.2. The summed E-state index contributed by atoms with van der Waals surface area (Å²) in [6, 6.07) is 1.94. The first-order chi connectivity index (χ1) is 8.65. The highest BCUT2D eigenvalue weighted by molar-refractivity contribution is 7.89. The normalized spacial score (nSPS) is 12.7. The Balaban J connectivity index is 3.25. The minimum atomic E-state index is -3.84. The van der Waals surface area contributed by atoms with E-state index in [1.54, 1.807) is 6.92 Å². The average molecular weight is 309 g/mol.